The maximum absolute atomic E-state index is 10.7. The van der Waals surface area contributed by atoms with E-state index in [0.29, 0.717) is 11.0 Å². The fourth-order valence-corrected chi connectivity index (χ4v) is 1.91. The number of carboxylic acids is 1. The van der Waals surface area contributed by atoms with Gasteiger partial charge in [-0.2, -0.15) is 0 Å². The highest BCUT2D eigenvalue weighted by molar-refractivity contribution is 9.10. The zero-order chi connectivity index (χ0) is 10.0. The minimum atomic E-state index is -0.943. The van der Waals surface area contributed by atoms with E-state index >= 15 is 0 Å². The minimum absolute atomic E-state index is 0.256. The van der Waals surface area contributed by atoms with E-state index in [1.54, 1.807) is 12.1 Å². The molecule has 0 aliphatic carbocycles. The molecule has 0 bridgehead atoms. The van der Waals surface area contributed by atoms with Gasteiger partial charge in [-0.3, -0.25) is 0 Å². The summed E-state index contributed by atoms with van der Waals surface area (Å²) in [6, 6.07) is 3.33. The molecule has 1 aromatic carbocycles. The summed E-state index contributed by atoms with van der Waals surface area (Å²) in [5.74, 6) is -0.943. The highest BCUT2D eigenvalue weighted by atomic mass is 79.9. The van der Waals surface area contributed by atoms with Crippen LogP contribution in [0, 0.1) is 6.92 Å². The summed E-state index contributed by atoms with van der Waals surface area (Å²) in [7, 11) is 0. The Morgan fingerprint density at radius 1 is 1.62 bits per heavy atom. The van der Waals surface area contributed by atoms with Gasteiger partial charge in [0.1, 0.15) is 0 Å². The van der Waals surface area contributed by atoms with Gasteiger partial charge in [0, 0.05) is 11.0 Å². The van der Waals surface area contributed by atoms with E-state index in [2.05, 4.69) is 15.9 Å². The van der Waals surface area contributed by atoms with Crippen LogP contribution in [-0.2, 0) is 6.54 Å². The van der Waals surface area contributed by atoms with Crippen LogP contribution < -0.4 is 5.73 Å². The molecule has 0 aliphatic rings. The molecule has 0 spiro atoms. The average Bonchev–Trinajstić information content (AvgIpc) is 2.04. The Morgan fingerprint density at radius 3 is 2.69 bits per heavy atom. The van der Waals surface area contributed by atoms with Crippen molar-refractivity contribution in [2.24, 2.45) is 5.73 Å². The molecular formula is C9H10BrNO2. The molecule has 1 rings (SSSR count). The van der Waals surface area contributed by atoms with E-state index < -0.39 is 5.97 Å². The number of aromatic carboxylic acids is 1. The Kier molecular flexibility index (Phi) is 3.06. The van der Waals surface area contributed by atoms with E-state index in [9.17, 15) is 4.79 Å². The van der Waals surface area contributed by atoms with E-state index in [-0.39, 0.29) is 5.56 Å². The van der Waals surface area contributed by atoms with E-state index in [0.717, 1.165) is 11.1 Å². The highest BCUT2D eigenvalue weighted by Gasteiger charge is 2.12. The molecule has 70 valence electrons. The number of carboxylic acid groups (broad SMARTS) is 1. The van der Waals surface area contributed by atoms with Crippen molar-refractivity contribution < 1.29 is 9.90 Å². The van der Waals surface area contributed by atoms with Crippen molar-refractivity contribution in [1.82, 2.24) is 0 Å². The lowest BCUT2D eigenvalue weighted by Crippen LogP contribution is -2.05. The summed E-state index contributed by atoms with van der Waals surface area (Å²) in [4.78, 5) is 10.7. The Bertz CT molecular complexity index is 350. The molecule has 4 heteroatoms. The number of benzene rings is 1. The van der Waals surface area contributed by atoms with Crippen LogP contribution in [0.4, 0.5) is 0 Å². The van der Waals surface area contributed by atoms with E-state index in [1.807, 2.05) is 6.92 Å². The van der Waals surface area contributed by atoms with E-state index in [4.69, 9.17) is 10.8 Å². The molecule has 0 fully saturated rings. The average molecular weight is 244 g/mol. The zero-order valence-corrected chi connectivity index (χ0v) is 8.76. The second-order valence-electron chi connectivity index (χ2n) is 2.73. The Labute approximate surface area is 84.7 Å². The topological polar surface area (TPSA) is 63.3 Å². The van der Waals surface area contributed by atoms with Crippen molar-refractivity contribution in [3.63, 3.8) is 0 Å². The van der Waals surface area contributed by atoms with Gasteiger partial charge in [-0.15, -0.1) is 0 Å². The maximum Gasteiger partial charge on any atom is 0.336 e. The molecule has 0 aliphatic heterocycles. The quantitative estimate of drug-likeness (QED) is 0.835. The van der Waals surface area contributed by atoms with Crippen LogP contribution in [-0.4, -0.2) is 11.1 Å². The third kappa shape index (κ3) is 1.89. The zero-order valence-electron chi connectivity index (χ0n) is 7.17. The molecule has 0 heterocycles. The van der Waals surface area contributed by atoms with Crippen molar-refractivity contribution in [2.45, 2.75) is 13.5 Å². The highest BCUT2D eigenvalue weighted by Crippen LogP contribution is 2.24. The first-order valence-corrected chi connectivity index (χ1v) is 4.58. The molecule has 0 radical (unpaired) electrons. The normalized spacial score (nSPS) is 10.1. The first-order valence-electron chi connectivity index (χ1n) is 3.79. The summed E-state index contributed by atoms with van der Waals surface area (Å²) in [5.41, 5.74) is 7.60. The number of carbonyl (C=O) groups is 1. The molecule has 0 atom stereocenters. The van der Waals surface area contributed by atoms with Gasteiger partial charge >= 0.3 is 5.97 Å². The number of halogens is 1. The van der Waals surface area contributed by atoms with Gasteiger partial charge in [0.25, 0.3) is 0 Å². The molecule has 0 unspecified atom stereocenters. The SMILES string of the molecule is Cc1ccc(C(=O)O)c(Br)c1CN. The molecule has 0 saturated carbocycles. The second-order valence-corrected chi connectivity index (χ2v) is 3.52. The van der Waals surface area contributed by atoms with Crippen molar-refractivity contribution in [3.8, 4) is 0 Å². The van der Waals surface area contributed by atoms with Crippen LogP contribution in [0.2, 0.25) is 0 Å². The number of nitrogens with two attached hydrogens (primary N) is 1. The monoisotopic (exact) mass is 243 g/mol. The number of rotatable bonds is 2. The van der Waals surface area contributed by atoms with Gasteiger partial charge in [0.05, 0.1) is 5.56 Å². The summed E-state index contributed by atoms with van der Waals surface area (Å²) in [6.45, 7) is 2.24. The predicted molar refractivity (Wildman–Crippen MR) is 53.7 cm³/mol. The third-order valence-corrected chi connectivity index (χ3v) is 2.82. The first-order chi connectivity index (χ1) is 6.07. The second kappa shape index (κ2) is 3.89. The molecule has 0 aromatic heterocycles. The van der Waals surface area contributed by atoms with Crippen molar-refractivity contribution in [3.05, 3.63) is 33.3 Å². The largest absolute Gasteiger partial charge is 0.478 e. The molecule has 1 aromatic rings. The Hall–Kier alpha value is -0.870. The molecule has 3 nitrogen and oxygen atoms in total. The van der Waals surface area contributed by atoms with Crippen molar-refractivity contribution in [2.75, 3.05) is 0 Å². The van der Waals surface area contributed by atoms with Crippen LogP contribution in [0.3, 0.4) is 0 Å². The maximum atomic E-state index is 10.7. The van der Waals surface area contributed by atoms with Crippen molar-refractivity contribution >= 4 is 21.9 Å². The molecule has 3 N–H and O–H groups in total. The molecular weight excluding hydrogens is 234 g/mol. The minimum Gasteiger partial charge on any atom is -0.478 e. The van der Waals surface area contributed by atoms with Crippen LogP contribution in [0.25, 0.3) is 0 Å². The van der Waals surface area contributed by atoms with Gasteiger partial charge in [0.2, 0.25) is 0 Å². The summed E-state index contributed by atoms with van der Waals surface area (Å²) < 4.78 is 0.586. The fraction of sp³-hybridized carbons (Fsp3) is 0.222. The van der Waals surface area contributed by atoms with Gasteiger partial charge in [-0.25, -0.2) is 4.79 Å². The van der Waals surface area contributed by atoms with Crippen LogP contribution in [0.5, 0.6) is 0 Å². The summed E-state index contributed by atoms with van der Waals surface area (Å²) >= 11 is 3.23. The van der Waals surface area contributed by atoms with Crippen LogP contribution in [0.1, 0.15) is 21.5 Å². The lowest BCUT2D eigenvalue weighted by Gasteiger charge is -2.08. The van der Waals surface area contributed by atoms with Crippen molar-refractivity contribution in [1.29, 1.82) is 0 Å². The molecule has 0 amide bonds. The lowest BCUT2D eigenvalue weighted by atomic mass is 10.1. The molecule has 13 heavy (non-hydrogen) atoms. The number of hydrogen-bond donors (Lipinski definition) is 2. The van der Waals surface area contributed by atoms with Crippen LogP contribution in [0.15, 0.2) is 16.6 Å². The predicted octanol–water partition coefficient (Wildman–Crippen LogP) is 1.91. The first kappa shape index (κ1) is 10.2. The van der Waals surface area contributed by atoms with Gasteiger partial charge in [-0.1, -0.05) is 6.07 Å². The Morgan fingerprint density at radius 2 is 2.23 bits per heavy atom. The van der Waals surface area contributed by atoms with Crippen LogP contribution >= 0.6 is 15.9 Å². The number of aryl methyl sites for hydroxylation is 1. The summed E-state index contributed by atoms with van der Waals surface area (Å²) in [5, 5.41) is 8.81. The van der Waals surface area contributed by atoms with Gasteiger partial charge < -0.3 is 10.8 Å². The summed E-state index contributed by atoms with van der Waals surface area (Å²) in [6.07, 6.45) is 0. The fourth-order valence-electron chi connectivity index (χ4n) is 1.13. The third-order valence-electron chi connectivity index (χ3n) is 1.91. The smallest absolute Gasteiger partial charge is 0.336 e. The van der Waals surface area contributed by atoms with Gasteiger partial charge in [-0.05, 0) is 40.0 Å². The number of hydrogen-bond acceptors (Lipinski definition) is 2. The molecule has 0 saturated heterocycles. The van der Waals surface area contributed by atoms with E-state index in [1.165, 1.54) is 0 Å². The van der Waals surface area contributed by atoms with Gasteiger partial charge in [0.15, 0.2) is 0 Å². The Balaban J connectivity index is 3.35. The lowest BCUT2D eigenvalue weighted by molar-refractivity contribution is 0.0696. The standard InChI is InChI=1S/C9H10BrNO2/c1-5-2-3-6(9(12)13)8(10)7(5)4-11/h2-3H,4,11H2,1H3,(H,12,13).